The predicted molar refractivity (Wildman–Crippen MR) is 40.2 cm³/mol. The first-order chi connectivity index (χ1) is 4.58. The molecule has 0 aromatic carbocycles. The highest BCUT2D eigenvalue weighted by Crippen LogP contribution is 2.30. The summed E-state index contributed by atoms with van der Waals surface area (Å²) in [5.41, 5.74) is 0. The molecular weight excluding hydrogens is 126 g/mol. The smallest absolute Gasteiger partial charge is 0.140 e. The molecular formula is C8H14NO+. The van der Waals surface area contributed by atoms with E-state index in [-0.39, 0.29) is 6.10 Å². The topological polar surface area (TPSA) is 20.2 Å². The molecule has 0 unspecified atom stereocenters. The molecule has 2 nitrogen and oxygen atoms in total. The first-order valence-electron chi connectivity index (χ1n) is 3.52. The zero-order valence-corrected chi connectivity index (χ0v) is 6.54. The SMILES string of the molecule is C#CC[N+](C)(C)[C@@H]1C[C@@H]1O. The van der Waals surface area contributed by atoms with E-state index in [4.69, 9.17) is 11.5 Å². The summed E-state index contributed by atoms with van der Waals surface area (Å²) in [6.45, 7) is 0.710. The Hall–Kier alpha value is -0.520. The third-order valence-electron chi connectivity index (χ3n) is 2.12. The Morgan fingerprint density at radius 1 is 1.70 bits per heavy atom. The molecule has 0 amide bonds. The summed E-state index contributed by atoms with van der Waals surface area (Å²) >= 11 is 0. The fourth-order valence-corrected chi connectivity index (χ4v) is 1.27. The van der Waals surface area contributed by atoms with Gasteiger partial charge in [-0.25, -0.2) is 0 Å². The summed E-state index contributed by atoms with van der Waals surface area (Å²) in [5.74, 6) is 2.61. The van der Waals surface area contributed by atoms with E-state index in [1.165, 1.54) is 0 Å². The lowest BCUT2D eigenvalue weighted by atomic mass is 10.4. The van der Waals surface area contributed by atoms with Gasteiger partial charge in [-0.15, -0.1) is 6.42 Å². The number of rotatable bonds is 2. The van der Waals surface area contributed by atoms with E-state index >= 15 is 0 Å². The van der Waals surface area contributed by atoms with Gasteiger partial charge in [-0.2, -0.15) is 0 Å². The molecule has 0 aliphatic heterocycles. The average molecular weight is 140 g/mol. The van der Waals surface area contributed by atoms with Gasteiger partial charge in [-0.3, -0.25) is 0 Å². The zero-order chi connectivity index (χ0) is 7.78. The van der Waals surface area contributed by atoms with Crippen LogP contribution in [0.4, 0.5) is 0 Å². The Labute approximate surface area is 62.1 Å². The molecule has 10 heavy (non-hydrogen) atoms. The second kappa shape index (κ2) is 2.26. The third-order valence-corrected chi connectivity index (χ3v) is 2.12. The molecule has 1 fully saturated rings. The molecule has 0 aromatic rings. The van der Waals surface area contributed by atoms with Crippen molar-refractivity contribution in [1.29, 1.82) is 0 Å². The number of likely N-dealkylation sites (N-methyl/N-ethyl adjacent to an activating group) is 1. The van der Waals surface area contributed by atoms with E-state index in [0.29, 0.717) is 12.6 Å². The van der Waals surface area contributed by atoms with E-state index in [0.717, 1.165) is 10.9 Å². The van der Waals surface area contributed by atoms with Crippen LogP contribution in [0.15, 0.2) is 0 Å². The summed E-state index contributed by atoms with van der Waals surface area (Å²) in [7, 11) is 4.11. The van der Waals surface area contributed by atoms with Gasteiger partial charge in [0, 0.05) is 6.42 Å². The molecule has 2 atom stereocenters. The fourth-order valence-electron chi connectivity index (χ4n) is 1.27. The van der Waals surface area contributed by atoms with Gasteiger partial charge in [0.05, 0.1) is 14.1 Å². The second-order valence-electron chi connectivity index (χ2n) is 3.51. The number of hydrogen-bond donors (Lipinski definition) is 1. The van der Waals surface area contributed by atoms with Crippen LogP contribution in [0.5, 0.6) is 0 Å². The van der Waals surface area contributed by atoms with Crippen LogP contribution in [0.25, 0.3) is 0 Å². The molecule has 1 N–H and O–H groups in total. The van der Waals surface area contributed by atoms with Crippen molar-refractivity contribution in [3.05, 3.63) is 0 Å². The molecule has 56 valence electrons. The van der Waals surface area contributed by atoms with Crippen molar-refractivity contribution in [1.82, 2.24) is 0 Å². The number of hydrogen-bond acceptors (Lipinski definition) is 1. The molecule has 1 rings (SSSR count). The Balaban J connectivity index is 2.45. The van der Waals surface area contributed by atoms with Crippen molar-refractivity contribution < 1.29 is 9.59 Å². The first kappa shape index (κ1) is 7.59. The van der Waals surface area contributed by atoms with Crippen LogP contribution in [0, 0.1) is 12.3 Å². The van der Waals surface area contributed by atoms with E-state index in [2.05, 4.69) is 20.0 Å². The maximum atomic E-state index is 9.10. The second-order valence-corrected chi connectivity index (χ2v) is 3.51. The van der Waals surface area contributed by atoms with Gasteiger partial charge in [-0.1, -0.05) is 0 Å². The zero-order valence-electron chi connectivity index (χ0n) is 6.54. The number of aliphatic hydroxyl groups excluding tert-OH is 1. The monoisotopic (exact) mass is 140 g/mol. The van der Waals surface area contributed by atoms with E-state index in [9.17, 15) is 0 Å². The number of aliphatic hydroxyl groups is 1. The molecule has 0 saturated heterocycles. The standard InChI is InChI=1S/C8H14NO/c1-4-5-9(2,3)7-6-8(7)10/h1,7-8,10H,5-6H2,2-3H3/q+1/t7-,8+/m1/s1. The summed E-state index contributed by atoms with van der Waals surface area (Å²) in [5, 5.41) is 9.10. The lowest BCUT2D eigenvalue weighted by Crippen LogP contribution is -2.43. The Bertz CT molecular complexity index is 169. The number of terminal acetylenes is 1. The molecule has 1 aliphatic carbocycles. The maximum absolute atomic E-state index is 9.10. The van der Waals surface area contributed by atoms with Gasteiger partial charge in [0.1, 0.15) is 18.7 Å². The van der Waals surface area contributed by atoms with Crippen molar-refractivity contribution in [2.24, 2.45) is 0 Å². The van der Waals surface area contributed by atoms with Crippen LogP contribution in [-0.4, -0.2) is 42.4 Å². The summed E-state index contributed by atoms with van der Waals surface area (Å²) in [6.07, 6.45) is 5.98. The molecule has 1 saturated carbocycles. The van der Waals surface area contributed by atoms with Crippen molar-refractivity contribution in [3.63, 3.8) is 0 Å². The highest BCUT2D eigenvalue weighted by atomic mass is 16.3. The van der Waals surface area contributed by atoms with E-state index < -0.39 is 0 Å². The van der Waals surface area contributed by atoms with E-state index in [1.807, 2.05) is 0 Å². The number of nitrogens with zero attached hydrogens (tertiary/aromatic N) is 1. The molecule has 2 heteroatoms. The minimum atomic E-state index is -0.108. The quantitative estimate of drug-likeness (QED) is 0.417. The fraction of sp³-hybridized carbons (Fsp3) is 0.750. The maximum Gasteiger partial charge on any atom is 0.140 e. The first-order valence-corrected chi connectivity index (χ1v) is 3.52. The van der Waals surface area contributed by atoms with Crippen molar-refractivity contribution in [3.8, 4) is 12.3 Å². The molecule has 0 radical (unpaired) electrons. The van der Waals surface area contributed by atoms with Crippen molar-refractivity contribution in [2.75, 3.05) is 20.6 Å². The van der Waals surface area contributed by atoms with Gasteiger partial charge in [-0.05, 0) is 5.92 Å². The summed E-state index contributed by atoms with van der Waals surface area (Å²) in [4.78, 5) is 0. The molecule has 0 aromatic heterocycles. The normalized spacial score (nSPS) is 31.4. The van der Waals surface area contributed by atoms with Crippen LogP contribution >= 0.6 is 0 Å². The van der Waals surface area contributed by atoms with Crippen LogP contribution in [0.2, 0.25) is 0 Å². The molecule has 0 spiro atoms. The lowest BCUT2D eigenvalue weighted by Gasteiger charge is -2.27. The van der Waals surface area contributed by atoms with Crippen LogP contribution in [-0.2, 0) is 0 Å². The summed E-state index contributed by atoms with van der Waals surface area (Å²) in [6, 6.07) is 0.385. The van der Waals surface area contributed by atoms with E-state index in [1.54, 1.807) is 0 Å². The average Bonchev–Trinajstić information content (AvgIpc) is 2.46. The Kier molecular flexibility index (Phi) is 1.72. The van der Waals surface area contributed by atoms with Gasteiger partial charge in [0.25, 0.3) is 0 Å². The minimum Gasteiger partial charge on any atom is -0.387 e. The van der Waals surface area contributed by atoms with Crippen molar-refractivity contribution in [2.45, 2.75) is 18.6 Å². The predicted octanol–water partition coefficient (Wildman–Crippen LogP) is -0.171. The largest absolute Gasteiger partial charge is 0.387 e. The van der Waals surface area contributed by atoms with Crippen molar-refractivity contribution >= 4 is 0 Å². The van der Waals surface area contributed by atoms with Crippen LogP contribution in [0.1, 0.15) is 6.42 Å². The highest BCUT2D eigenvalue weighted by Gasteiger charge is 2.47. The summed E-state index contributed by atoms with van der Waals surface area (Å²) < 4.78 is 0.762. The number of quaternary nitrogens is 1. The minimum absolute atomic E-state index is 0.108. The Morgan fingerprint density at radius 2 is 2.20 bits per heavy atom. The highest BCUT2D eigenvalue weighted by molar-refractivity contribution is 4.91. The molecule has 0 bridgehead atoms. The van der Waals surface area contributed by atoms with Gasteiger partial charge in [0.2, 0.25) is 0 Å². The van der Waals surface area contributed by atoms with Crippen LogP contribution < -0.4 is 0 Å². The lowest BCUT2D eigenvalue weighted by molar-refractivity contribution is -0.895. The molecule has 1 aliphatic rings. The third kappa shape index (κ3) is 1.31. The van der Waals surface area contributed by atoms with Crippen LogP contribution in [0.3, 0.4) is 0 Å². The van der Waals surface area contributed by atoms with Gasteiger partial charge >= 0.3 is 0 Å². The van der Waals surface area contributed by atoms with Gasteiger partial charge < -0.3 is 9.59 Å². The van der Waals surface area contributed by atoms with Gasteiger partial charge in [0.15, 0.2) is 0 Å². The Morgan fingerprint density at radius 3 is 2.50 bits per heavy atom. The molecule has 0 heterocycles.